The molecule has 0 aliphatic carbocycles. The molecule has 3 aromatic rings. The van der Waals surface area contributed by atoms with Crippen LogP contribution in [0, 0.1) is 10.1 Å². The van der Waals surface area contributed by atoms with Crippen molar-refractivity contribution in [1.29, 1.82) is 0 Å². The van der Waals surface area contributed by atoms with E-state index in [-0.39, 0.29) is 12.2 Å². The normalized spacial score (nSPS) is 12.8. The second-order valence-electron chi connectivity index (χ2n) is 5.60. The quantitative estimate of drug-likeness (QED) is 0.518. The molecule has 2 aromatic heterocycles. The van der Waals surface area contributed by atoms with E-state index in [1.807, 2.05) is 36.2 Å². The molecule has 0 amide bonds. The third-order valence-corrected chi connectivity index (χ3v) is 4.52. The van der Waals surface area contributed by atoms with Gasteiger partial charge < -0.3 is 5.11 Å². The summed E-state index contributed by atoms with van der Waals surface area (Å²) in [5.41, 5.74) is 0.903. The van der Waals surface area contributed by atoms with Crippen LogP contribution in [-0.4, -0.2) is 49.4 Å². The Labute approximate surface area is 142 Å². The van der Waals surface area contributed by atoms with E-state index in [4.69, 9.17) is 0 Å². The van der Waals surface area contributed by atoms with Crippen molar-refractivity contribution in [3.63, 3.8) is 0 Å². The van der Waals surface area contributed by atoms with E-state index in [1.54, 1.807) is 11.3 Å². The largest absolute Gasteiger partial charge is 0.390 e. The smallest absolute Gasteiger partial charge is 0.306 e. The summed E-state index contributed by atoms with van der Waals surface area (Å²) < 4.78 is 2.53. The first-order chi connectivity index (χ1) is 11.5. The molecule has 0 radical (unpaired) electrons. The predicted molar refractivity (Wildman–Crippen MR) is 90.8 cm³/mol. The van der Waals surface area contributed by atoms with E-state index in [0.717, 1.165) is 15.2 Å². The van der Waals surface area contributed by atoms with Gasteiger partial charge in [-0.25, -0.2) is 4.98 Å². The molecule has 1 unspecified atom stereocenters. The molecular formula is C15H17N5O3S. The van der Waals surface area contributed by atoms with Crippen LogP contribution in [0.25, 0.3) is 10.2 Å². The van der Waals surface area contributed by atoms with Gasteiger partial charge in [-0.05, 0) is 19.2 Å². The van der Waals surface area contributed by atoms with Crippen molar-refractivity contribution in [3.05, 3.63) is 51.8 Å². The number of nitro groups is 1. The lowest BCUT2D eigenvalue weighted by Crippen LogP contribution is -2.31. The highest BCUT2D eigenvalue weighted by Crippen LogP contribution is 2.22. The molecule has 2 heterocycles. The van der Waals surface area contributed by atoms with Gasteiger partial charge in [-0.2, -0.15) is 5.10 Å². The number of hydrogen-bond acceptors (Lipinski definition) is 7. The molecular weight excluding hydrogens is 330 g/mol. The van der Waals surface area contributed by atoms with Crippen molar-refractivity contribution in [2.75, 3.05) is 13.6 Å². The highest BCUT2D eigenvalue weighted by Gasteiger charge is 2.14. The number of benzene rings is 1. The SMILES string of the molecule is CN(Cc1nc2ccccc2s1)CC(O)Cn1cc([N+](=O)[O-])cn1. The van der Waals surface area contributed by atoms with Crippen LogP contribution in [0.2, 0.25) is 0 Å². The number of aliphatic hydroxyl groups excluding tert-OH is 1. The molecule has 126 valence electrons. The third kappa shape index (κ3) is 3.94. The number of fused-ring (bicyclic) bond motifs is 1. The summed E-state index contributed by atoms with van der Waals surface area (Å²) in [5, 5.41) is 25.7. The predicted octanol–water partition coefficient (Wildman–Crippen LogP) is 1.89. The molecule has 0 saturated carbocycles. The lowest BCUT2D eigenvalue weighted by Gasteiger charge is -2.19. The Morgan fingerprint density at radius 3 is 2.96 bits per heavy atom. The lowest BCUT2D eigenvalue weighted by molar-refractivity contribution is -0.385. The van der Waals surface area contributed by atoms with E-state index in [9.17, 15) is 15.2 Å². The average molecular weight is 347 g/mol. The van der Waals surface area contributed by atoms with Crippen LogP contribution in [0.1, 0.15) is 5.01 Å². The van der Waals surface area contributed by atoms with Crippen molar-refractivity contribution in [3.8, 4) is 0 Å². The number of aromatic nitrogens is 3. The van der Waals surface area contributed by atoms with Crippen LogP contribution >= 0.6 is 11.3 Å². The summed E-state index contributed by atoms with van der Waals surface area (Å²) in [6.45, 7) is 1.26. The van der Waals surface area contributed by atoms with Gasteiger partial charge in [0.05, 0.1) is 34.3 Å². The Morgan fingerprint density at radius 1 is 1.46 bits per heavy atom. The topological polar surface area (TPSA) is 97.3 Å². The van der Waals surface area contributed by atoms with Crippen molar-refractivity contribution < 1.29 is 10.0 Å². The Hall–Kier alpha value is -2.36. The van der Waals surface area contributed by atoms with E-state index in [1.165, 1.54) is 17.1 Å². The number of rotatable bonds is 7. The number of aliphatic hydroxyl groups is 1. The summed E-state index contributed by atoms with van der Waals surface area (Å²) >= 11 is 1.64. The van der Waals surface area contributed by atoms with Gasteiger partial charge in [-0.3, -0.25) is 19.7 Å². The highest BCUT2D eigenvalue weighted by atomic mass is 32.1. The highest BCUT2D eigenvalue weighted by molar-refractivity contribution is 7.18. The van der Waals surface area contributed by atoms with Crippen LogP contribution < -0.4 is 0 Å². The van der Waals surface area contributed by atoms with Gasteiger partial charge in [0.15, 0.2) is 0 Å². The van der Waals surface area contributed by atoms with Gasteiger partial charge in [0, 0.05) is 6.54 Å². The molecule has 1 atom stereocenters. The first-order valence-corrected chi connectivity index (χ1v) is 8.21. The molecule has 0 spiro atoms. The summed E-state index contributed by atoms with van der Waals surface area (Å²) in [6.07, 6.45) is 1.82. The summed E-state index contributed by atoms with van der Waals surface area (Å²) in [7, 11) is 1.90. The lowest BCUT2D eigenvalue weighted by atomic mass is 10.3. The number of nitrogens with zero attached hydrogens (tertiary/aromatic N) is 5. The average Bonchev–Trinajstić information content (AvgIpc) is 3.12. The second kappa shape index (κ2) is 7.04. The maximum absolute atomic E-state index is 10.6. The minimum Gasteiger partial charge on any atom is -0.390 e. The molecule has 0 aliphatic heterocycles. The maximum Gasteiger partial charge on any atom is 0.306 e. The molecule has 1 aromatic carbocycles. The molecule has 0 saturated heterocycles. The summed E-state index contributed by atoms with van der Waals surface area (Å²) in [4.78, 5) is 16.7. The number of para-hydroxylation sites is 1. The summed E-state index contributed by atoms with van der Waals surface area (Å²) in [5.74, 6) is 0. The van der Waals surface area contributed by atoms with E-state index in [2.05, 4.69) is 10.1 Å². The molecule has 9 heteroatoms. The zero-order chi connectivity index (χ0) is 17.1. The van der Waals surface area contributed by atoms with Crippen LogP contribution in [0.4, 0.5) is 5.69 Å². The minimum absolute atomic E-state index is 0.0787. The second-order valence-corrected chi connectivity index (χ2v) is 6.72. The Kier molecular flexibility index (Phi) is 4.84. The molecule has 24 heavy (non-hydrogen) atoms. The summed E-state index contributed by atoms with van der Waals surface area (Å²) in [6, 6.07) is 7.97. The first-order valence-electron chi connectivity index (χ1n) is 7.39. The van der Waals surface area contributed by atoms with Gasteiger partial charge in [0.1, 0.15) is 17.4 Å². The van der Waals surface area contributed by atoms with Crippen molar-refractivity contribution in [1.82, 2.24) is 19.7 Å². The van der Waals surface area contributed by atoms with Crippen molar-refractivity contribution >= 4 is 27.2 Å². The Balaban J connectivity index is 1.55. The Bertz CT molecular complexity index is 813. The fourth-order valence-corrected chi connectivity index (χ4v) is 3.51. The van der Waals surface area contributed by atoms with Gasteiger partial charge in [0.25, 0.3) is 0 Å². The van der Waals surface area contributed by atoms with Crippen LogP contribution in [-0.2, 0) is 13.1 Å². The van der Waals surface area contributed by atoms with E-state index in [0.29, 0.717) is 13.1 Å². The molecule has 8 nitrogen and oxygen atoms in total. The maximum atomic E-state index is 10.6. The monoisotopic (exact) mass is 347 g/mol. The fourth-order valence-electron chi connectivity index (χ4n) is 2.46. The van der Waals surface area contributed by atoms with Gasteiger partial charge in [0.2, 0.25) is 0 Å². The molecule has 0 bridgehead atoms. The zero-order valence-electron chi connectivity index (χ0n) is 13.1. The van der Waals surface area contributed by atoms with Gasteiger partial charge in [-0.15, -0.1) is 11.3 Å². The fraction of sp³-hybridized carbons (Fsp3) is 0.333. The van der Waals surface area contributed by atoms with Crippen LogP contribution in [0.15, 0.2) is 36.7 Å². The van der Waals surface area contributed by atoms with Crippen LogP contribution in [0.5, 0.6) is 0 Å². The third-order valence-electron chi connectivity index (χ3n) is 3.49. The molecule has 3 rings (SSSR count). The number of hydrogen-bond donors (Lipinski definition) is 1. The van der Waals surface area contributed by atoms with Gasteiger partial charge >= 0.3 is 5.69 Å². The molecule has 0 aliphatic rings. The van der Waals surface area contributed by atoms with Crippen LogP contribution in [0.3, 0.4) is 0 Å². The van der Waals surface area contributed by atoms with E-state index >= 15 is 0 Å². The first kappa shape index (κ1) is 16.5. The number of thiazole rings is 1. The molecule has 0 fully saturated rings. The van der Waals surface area contributed by atoms with E-state index < -0.39 is 11.0 Å². The standard InChI is InChI=1S/C15H17N5O3S/c1-18(10-15-17-13-4-2-3-5-14(13)24-15)8-12(21)9-19-7-11(6-16-19)20(22)23/h2-7,12,21H,8-10H2,1H3. The Morgan fingerprint density at radius 2 is 2.25 bits per heavy atom. The zero-order valence-corrected chi connectivity index (χ0v) is 13.9. The molecule has 1 N–H and O–H groups in total. The van der Waals surface area contributed by atoms with Crippen molar-refractivity contribution in [2.24, 2.45) is 0 Å². The number of likely N-dealkylation sites (N-methyl/N-ethyl adjacent to an activating group) is 1. The minimum atomic E-state index is -0.677. The van der Waals surface area contributed by atoms with Crippen molar-refractivity contribution in [2.45, 2.75) is 19.2 Å². The van der Waals surface area contributed by atoms with Gasteiger partial charge in [-0.1, -0.05) is 12.1 Å².